The number of anilines is 3. The largest absolute Gasteiger partial charge is 0.411 e. The molecule has 0 saturated carbocycles. The fourth-order valence-corrected chi connectivity index (χ4v) is 3.88. The lowest BCUT2D eigenvalue weighted by Gasteiger charge is -2.33. The maximum absolute atomic E-state index is 9.76. The van der Waals surface area contributed by atoms with E-state index in [2.05, 4.69) is 92.7 Å². The minimum absolute atomic E-state index is 0.727. The van der Waals surface area contributed by atoms with Gasteiger partial charge in [0, 0.05) is 59.3 Å². The molecule has 0 amide bonds. The fourth-order valence-electron chi connectivity index (χ4n) is 3.88. The van der Waals surface area contributed by atoms with Gasteiger partial charge >= 0.3 is 0 Å². The molecule has 0 aliphatic rings. The van der Waals surface area contributed by atoms with Crippen LogP contribution >= 0.6 is 0 Å². The van der Waals surface area contributed by atoms with E-state index in [1.165, 1.54) is 0 Å². The molecule has 31 heavy (non-hydrogen) atoms. The van der Waals surface area contributed by atoms with Crippen LogP contribution in [0.3, 0.4) is 0 Å². The lowest BCUT2D eigenvalue weighted by atomic mass is 9.70. The lowest BCUT2D eigenvalue weighted by molar-refractivity contribution is 0.319. The first-order chi connectivity index (χ1) is 14.8. The van der Waals surface area contributed by atoms with Crippen LogP contribution in [-0.4, -0.2) is 53.7 Å². The Balaban J connectivity index is 2.26. The molecule has 5 nitrogen and oxygen atoms in total. The van der Waals surface area contributed by atoms with Gasteiger partial charge in [0.15, 0.2) is 0 Å². The van der Waals surface area contributed by atoms with E-state index >= 15 is 0 Å². The summed E-state index contributed by atoms with van der Waals surface area (Å²) in [5.74, 6) is 0. The molecule has 0 fully saturated rings. The SMILES string of the molecule is CN(C)c1ccc(C(/C=N\O)(c2ccc(N(C)C)cc2)c2ccc(N(C)C)cc2)cc1. The van der Waals surface area contributed by atoms with Crippen molar-refractivity contribution in [3.8, 4) is 0 Å². The minimum atomic E-state index is -0.727. The van der Waals surface area contributed by atoms with E-state index in [1.54, 1.807) is 6.21 Å². The van der Waals surface area contributed by atoms with Crippen molar-refractivity contribution in [1.29, 1.82) is 0 Å². The third-order valence-electron chi connectivity index (χ3n) is 5.77. The third kappa shape index (κ3) is 4.36. The quantitative estimate of drug-likeness (QED) is 0.263. The molecule has 0 radical (unpaired) electrons. The molecule has 0 spiro atoms. The summed E-state index contributed by atoms with van der Waals surface area (Å²) in [4.78, 5) is 6.22. The Bertz CT molecular complexity index is 880. The van der Waals surface area contributed by atoms with Crippen LogP contribution in [-0.2, 0) is 5.41 Å². The molecule has 0 unspecified atom stereocenters. The minimum Gasteiger partial charge on any atom is -0.411 e. The highest BCUT2D eigenvalue weighted by molar-refractivity contribution is 5.85. The van der Waals surface area contributed by atoms with Crippen LogP contribution in [0.5, 0.6) is 0 Å². The van der Waals surface area contributed by atoms with Crippen LogP contribution in [0.15, 0.2) is 78.0 Å². The Morgan fingerprint density at radius 2 is 0.806 bits per heavy atom. The molecule has 1 N–H and O–H groups in total. The predicted octanol–water partition coefficient (Wildman–Crippen LogP) is 4.68. The van der Waals surface area contributed by atoms with Crippen LogP contribution in [0, 0.1) is 0 Å². The molecular weight excluding hydrogens is 384 g/mol. The molecule has 0 heterocycles. The van der Waals surface area contributed by atoms with E-state index in [0.29, 0.717) is 0 Å². The molecule has 0 saturated heterocycles. The van der Waals surface area contributed by atoms with Crippen LogP contribution < -0.4 is 14.7 Å². The van der Waals surface area contributed by atoms with Gasteiger partial charge < -0.3 is 19.9 Å². The molecular formula is C26H32N4O. The number of nitrogens with zero attached hydrogens (tertiary/aromatic N) is 4. The zero-order chi connectivity index (χ0) is 22.6. The number of oxime groups is 1. The first kappa shape index (κ1) is 22.2. The smallest absolute Gasteiger partial charge is 0.0837 e. The number of rotatable bonds is 7. The van der Waals surface area contributed by atoms with Crippen LogP contribution in [0.25, 0.3) is 0 Å². The lowest BCUT2D eigenvalue weighted by Crippen LogP contribution is -2.31. The Morgan fingerprint density at radius 1 is 0.548 bits per heavy atom. The van der Waals surface area contributed by atoms with Gasteiger partial charge in [-0.05, 0) is 53.1 Å². The maximum atomic E-state index is 9.76. The summed E-state index contributed by atoms with van der Waals surface area (Å²) in [5, 5.41) is 13.3. The fraction of sp³-hybridized carbons (Fsp3) is 0.269. The van der Waals surface area contributed by atoms with Gasteiger partial charge in [-0.2, -0.15) is 0 Å². The standard InChI is InChI=1S/C26H32N4O/c1-28(2)23-13-7-20(8-14-23)26(19-27-31,21-9-15-24(16-10-21)29(3)4)22-11-17-25(18-12-22)30(5)6/h7-19,31H,1-6H3/b27-19-. The van der Waals surface area contributed by atoms with Crippen LogP contribution in [0.1, 0.15) is 16.7 Å². The summed E-state index contributed by atoms with van der Waals surface area (Å²) in [5.41, 5.74) is 5.72. The van der Waals surface area contributed by atoms with Crippen LogP contribution in [0.4, 0.5) is 17.1 Å². The van der Waals surface area contributed by atoms with E-state index in [9.17, 15) is 5.21 Å². The molecule has 0 bridgehead atoms. The maximum Gasteiger partial charge on any atom is 0.0837 e. The number of hydrogen-bond donors (Lipinski definition) is 1. The van der Waals surface area contributed by atoms with Gasteiger partial charge in [-0.15, -0.1) is 5.16 Å². The van der Waals surface area contributed by atoms with Crippen LogP contribution in [0.2, 0.25) is 0 Å². The van der Waals surface area contributed by atoms with Gasteiger partial charge in [-0.1, -0.05) is 36.4 Å². The molecule has 3 rings (SSSR count). The molecule has 5 heteroatoms. The Morgan fingerprint density at radius 3 is 1.00 bits per heavy atom. The van der Waals surface area contributed by atoms with Crippen molar-refractivity contribution >= 4 is 23.3 Å². The second-order valence-corrected chi connectivity index (χ2v) is 8.38. The van der Waals surface area contributed by atoms with Gasteiger partial charge in [0.1, 0.15) is 0 Å². The molecule has 0 aliphatic carbocycles. The van der Waals surface area contributed by atoms with Crippen molar-refractivity contribution in [1.82, 2.24) is 0 Å². The summed E-state index contributed by atoms with van der Waals surface area (Å²) >= 11 is 0. The molecule has 3 aromatic rings. The summed E-state index contributed by atoms with van der Waals surface area (Å²) in [6.07, 6.45) is 1.63. The Hall–Kier alpha value is -3.47. The van der Waals surface area contributed by atoms with Crippen molar-refractivity contribution in [3.05, 3.63) is 89.5 Å². The highest BCUT2D eigenvalue weighted by atomic mass is 16.4. The van der Waals surface area contributed by atoms with Gasteiger partial charge in [-0.3, -0.25) is 0 Å². The first-order valence-corrected chi connectivity index (χ1v) is 10.3. The van der Waals surface area contributed by atoms with E-state index in [0.717, 1.165) is 33.8 Å². The van der Waals surface area contributed by atoms with E-state index in [4.69, 9.17) is 0 Å². The normalized spacial score (nSPS) is 11.5. The third-order valence-corrected chi connectivity index (χ3v) is 5.77. The van der Waals surface area contributed by atoms with Gasteiger partial charge in [0.25, 0.3) is 0 Å². The highest BCUT2D eigenvalue weighted by Gasteiger charge is 2.35. The van der Waals surface area contributed by atoms with Crippen molar-refractivity contribution in [2.75, 3.05) is 57.0 Å². The predicted molar refractivity (Wildman–Crippen MR) is 132 cm³/mol. The monoisotopic (exact) mass is 416 g/mol. The van der Waals surface area contributed by atoms with Gasteiger partial charge in [0.05, 0.1) is 11.6 Å². The number of benzene rings is 3. The van der Waals surface area contributed by atoms with E-state index in [1.807, 2.05) is 42.3 Å². The zero-order valence-electron chi connectivity index (χ0n) is 19.2. The van der Waals surface area contributed by atoms with E-state index < -0.39 is 5.41 Å². The number of hydrogen-bond acceptors (Lipinski definition) is 5. The van der Waals surface area contributed by atoms with Gasteiger partial charge in [-0.25, -0.2) is 0 Å². The van der Waals surface area contributed by atoms with Crippen molar-refractivity contribution < 1.29 is 5.21 Å². The average Bonchev–Trinajstić information content (AvgIpc) is 2.78. The molecule has 0 aromatic heterocycles. The highest BCUT2D eigenvalue weighted by Crippen LogP contribution is 2.39. The second kappa shape index (κ2) is 9.13. The van der Waals surface area contributed by atoms with Crippen molar-refractivity contribution in [2.45, 2.75) is 5.41 Å². The molecule has 162 valence electrons. The first-order valence-electron chi connectivity index (χ1n) is 10.3. The van der Waals surface area contributed by atoms with Crippen molar-refractivity contribution in [2.24, 2.45) is 5.16 Å². The average molecular weight is 417 g/mol. The topological polar surface area (TPSA) is 42.3 Å². The van der Waals surface area contributed by atoms with Crippen molar-refractivity contribution in [3.63, 3.8) is 0 Å². The molecule has 0 atom stereocenters. The second-order valence-electron chi connectivity index (χ2n) is 8.38. The molecule has 0 aliphatic heterocycles. The Labute approximate surface area is 185 Å². The summed E-state index contributed by atoms with van der Waals surface area (Å²) in [6.45, 7) is 0. The van der Waals surface area contributed by atoms with Gasteiger partial charge in [0.2, 0.25) is 0 Å². The summed E-state index contributed by atoms with van der Waals surface area (Å²) in [6, 6.07) is 25.2. The zero-order valence-corrected chi connectivity index (χ0v) is 19.2. The van der Waals surface area contributed by atoms with E-state index in [-0.39, 0.29) is 0 Å². The molecule has 3 aromatic carbocycles. The summed E-state index contributed by atoms with van der Waals surface area (Å²) < 4.78 is 0. The summed E-state index contributed by atoms with van der Waals surface area (Å²) in [7, 11) is 12.2. The Kier molecular flexibility index (Phi) is 6.54.